The number of H-pyrrole nitrogens is 1. The van der Waals surface area contributed by atoms with E-state index in [-0.39, 0.29) is 12.1 Å². The highest BCUT2D eigenvalue weighted by Crippen LogP contribution is 2.34. The summed E-state index contributed by atoms with van der Waals surface area (Å²) in [4.78, 5) is 30.8. The fraction of sp³-hybridized carbons (Fsp3) is 0.600. The summed E-state index contributed by atoms with van der Waals surface area (Å²) in [6, 6.07) is 6.38. The lowest BCUT2D eigenvalue weighted by molar-refractivity contribution is 0.0293. The molecule has 7 nitrogen and oxygen atoms in total. The molecule has 0 saturated carbocycles. The van der Waals surface area contributed by atoms with Crippen LogP contribution < -0.4 is 5.76 Å². The smallest absolute Gasteiger partial charge is 0.417 e. The fourth-order valence-electron chi connectivity index (χ4n) is 4.86. The number of likely N-dealkylation sites (tertiary alicyclic amines) is 2. The summed E-state index contributed by atoms with van der Waals surface area (Å²) in [5, 5.41) is 0. The van der Waals surface area contributed by atoms with Crippen molar-refractivity contribution in [2.45, 2.75) is 50.6 Å². The molecule has 2 aromatic rings. The Morgan fingerprint density at radius 2 is 2.07 bits per heavy atom. The van der Waals surface area contributed by atoms with Crippen molar-refractivity contribution < 1.29 is 13.9 Å². The number of aromatic nitrogens is 1. The van der Waals surface area contributed by atoms with E-state index in [1.165, 1.54) is 7.11 Å². The predicted octanol–water partition coefficient (Wildman–Crippen LogP) is 2.92. The van der Waals surface area contributed by atoms with Gasteiger partial charge < -0.3 is 14.1 Å². The number of carbonyl (C=O) groups excluding carboxylic acids is 1. The molecule has 2 saturated heterocycles. The molecule has 1 aromatic carbocycles. The van der Waals surface area contributed by atoms with Crippen molar-refractivity contribution in [3.05, 3.63) is 34.3 Å². The summed E-state index contributed by atoms with van der Waals surface area (Å²) in [6.07, 6.45) is 4.02. The maximum Gasteiger partial charge on any atom is 0.417 e. The van der Waals surface area contributed by atoms with E-state index in [1.807, 2.05) is 17.0 Å². The van der Waals surface area contributed by atoms with Gasteiger partial charge in [0.1, 0.15) is 0 Å². The Morgan fingerprint density at radius 1 is 1.26 bits per heavy atom. The van der Waals surface area contributed by atoms with E-state index in [0.29, 0.717) is 17.5 Å². The van der Waals surface area contributed by atoms with E-state index < -0.39 is 5.76 Å². The third kappa shape index (κ3) is 3.36. The van der Waals surface area contributed by atoms with E-state index in [9.17, 15) is 9.59 Å². The van der Waals surface area contributed by atoms with Gasteiger partial charge in [0.25, 0.3) is 0 Å². The third-order valence-electron chi connectivity index (χ3n) is 6.20. The Hall–Kier alpha value is -2.28. The van der Waals surface area contributed by atoms with Gasteiger partial charge in [-0.25, -0.2) is 9.59 Å². The first-order valence-corrected chi connectivity index (χ1v) is 9.79. The normalized spacial score (nSPS) is 27.0. The molecule has 1 unspecified atom stereocenters. The Kier molecular flexibility index (Phi) is 4.95. The number of rotatable bonds is 2. The van der Waals surface area contributed by atoms with E-state index >= 15 is 0 Å². The number of methoxy groups -OCH3 is 1. The number of para-hydroxylation sites is 1. The zero-order chi connectivity index (χ0) is 19.0. The highest BCUT2D eigenvalue weighted by Gasteiger charge is 2.37. The summed E-state index contributed by atoms with van der Waals surface area (Å²) >= 11 is 0. The van der Waals surface area contributed by atoms with E-state index in [1.54, 1.807) is 0 Å². The molecular weight excluding hydrogens is 346 g/mol. The van der Waals surface area contributed by atoms with Crippen LogP contribution in [0.4, 0.5) is 4.79 Å². The largest absolute Gasteiger partial charge is 0.453 e. The first-order valence-electron chi connectivity index (χ1n) is 9.79. The molecule has 1 amide bonds. The number of hydrogen-bond donors (Lipinski definition) is 1. The Balaban J connectivity index is 1.55. The molecule has 2 aliphatic heterocycles. The first kappa shape index (κ1) is 18.1. The molecule has 0 spiro atoms. The summed E-state index contributed by atoms with van der Waals surface area (Å²) in [5.41, 5.74) is 2.54. The van der Waals surface area contributed by atoms with Crippen molar-refractivity contribution in [1.29, 1.82) is 0 Å². The van der Waals surface area contributed by atoms with Crippen molar-refractivity contribution in [2.75, 3.05) is 26.7 Å². The molecule has 146 valence electrons. The minimum atomic E-state index is -0.403. The Morgan fingerprint density at radius 3 is 2.89 bits per heavy atom. The van der Waals surface area contributed by atoms with Gasteiger partial charge in [-0.1, -0.05) is 12.1 Å². The number of hydrogen-bond acceptors (Lipinski definition) is 5. The van der Waals surface area contributed by atoms with E-state index in [4.69, 9.17) is 9.15 Å². The van der Waals surface area contributed by atoms with Gasteiger partial charge in [0.05, 0.1) is 12.6 Å². The van der Waals surface area contributed by atoms with Crippen LogP contribution in [0.5, 0.6) is 0 Å². The number of fused-ring (bicyclic) bond motifs is 1. The van der Waals surface area contributed by atoms with Gasteiger partial charge in [0.2, 0.25) is 0 Å². The minimum Gasteiger partial charge on any atom is -0.453 e. The van der Waals surface area contributed by atoms with Crippen molar-refractivity contribution >= 4 is 17.2 Å². The average molecular weight is 373 g/mol. The van der Waals surface area contributed by atoms with Gasteiger partial charge in [-0.05, 0) is 45.2 Å². The maximum absolute atomic E-state index is 12.1. The number of benzene rings is 1. The zero-order valence-electron chi connectivity index (χ0n) is 15.9. The molecule has 7 heteroatoms. The quantitative estimate of drug-likeness (QED) is 0.876. The lowest BCUT2D eigenvalue weighted by Crippen LogP contribution is -2.57. The van der Waals surface area contributed by atoms with Crippen molar-refractivity contribution in [1.82, 2.24) is 14.8 Å². The van der Waals surface area contributed by atoms with Crippen LogP contribution in [0.1, 0.15) is 44.1 Å². The van der Waals surface area contributed by atoms with Crippen LogP contribution in [0.15, 0.2) is 27.4 Å². The molecule has 2 aliphatic rings. The zero-order valence-corrected chi connectivity index (χ0v) is 15.9. The lowest BCUT2D eigenvalue weighted by atomic mass is 9.87. The highest BCUT2D eigenvalue weighted by atomic mass is 16.5. The minimum absolute atomic E-state index is 0.130. The standard InChI is InChI=1S/C20H27N3O4/c1-13-17(9-5-11-23(13)20(25)26-2)22-10-4-6-14(12-22)15-7-3-8-16-18(15)27-19(24)21-16/h3,7-8,13-14,17H,4-6,9-12H2,1-2H3,(H,21,24)/t13?,14-,17-/m1/s1. The molecule has 27 heavy (non-hydrogen) atoms. The van der Waals surface area contributed by atoms with Crippen LogP contribution >= 0.6 is 0 Å². The number of amides is 1. The highest BCUT2D eigenvalue weighted by molar-refractivity contribution is 5.76. The number of aromatic amines is 1. The molecule has 0 bridgehead atoms. The monoisotopic (exact) mass is 373 g/mol. The van der Waals surface area contributed by atoms with Crippen LogP contribution in [0.25, 0.3) is 11.1 Å². The molecule has 2 fully saturated rings. The molecule has 1 aromatic heterocycles. The van der Waals surface area contributed by atoms with Crippen LogP contribution in [0.2, 0.25) is 0 Å². The third-order valence-corrected chi connectivity index (χ3v) is 6.20. The summed E-state index contributed by atoms with van der Waals surface area (Å²) in [5.74, 6) is -0.0816. The Labute approximate surface area is 158 Å². The van der Waals surface area contributed by atoms with Gasteiger partial charge in [-0.15, -0.1) is 0 Å². The second kappa shape index (κ2) is 7.38. The summed E-state index contributed by atoms with van der Waals surface area (Å²) < 4.78 is 10.4. The number of nitrogens with zero attached hydrogens (tertiary/aromatic N) is 2. The van der Waals surface area contributed by atoms with Crippen molar-refractivity contribution in [2.24, 2.45) is 0 Å². The average Bonchev–Trinajstić information content (AvgIpc) is 3.07. The number of carbonyl (C=O) groups is 1. The molecule has 0 aliphatic carbocycles. The SMILES string of the molecule is COC(=O)N1CCC[C@@H](N2CCC[C@@H](c3cccc4[nH]c(=O)oc34)C2)C1C. The molecule has 0 radical (unpaired) electrons. The predicted molar refractivity (Wildman–Crippen MR) is 102 cm³/mol. The number of piperidine rings is 2. The van der Waals surface area contributed by atoms with Crippen molar-refractivity contribution in [3.8, 4) is 0 Å². The molecule has 3 atom stereocenters. The molecule has 3 heterocycles. The van der Waals surface area contributed by atoms with Gasteiger partial charge in [-0.3, -0.25) is 9.88 Å². The lowest BCUT2D eigenvalue weighted by Gasteiger charge is -2.46. The molecular formula is C20H27N3O4. The van der Waals surface area contributed by atoms with Gasteiger partial charge in [-0.2, -0.15) is 0 Å². The topological polar surface area (TPSA) is 78.8 Å². The molecule has 4 rings (SSSR count). The van der Waals surface area contributed by atoms with Crippen molar-refractivity contribution in [3.63, 3.8) is 0 Å². The fourth-order valence-corrected chi connectivity index (χ4v) is 4.86. The second-order valence-electron chi connectivity index (χ2n) is 7.69. The number of ether oxygens (including phenoxy) is 1. The van der Waals surface area contributed by atoms with Gasteiger partial charge in [0.15, 0.2) is 5.58 Å². The second-order valence-corrected chi connectivity index (χ2v) is 7.69. The summed E-state index contributed by atoms with van der Waals surface area (Å²) in [6.45, 7) is 4.83. The van der Waals surface area contributed by atoms with Crippen LogP contribution in [0, 0.1) is 0 Å². The number of oxazole rings is 1. The van der Waals surface area contributed by atoms with Gasteiger partial charge in [0, 0.05) is 36.7 Å². The first-order chi connectivity index (χ1) is 13.1. The summed E-state index contributed by atoms with van der Waals surface area (Å²) in [7, 11) is 1.45. The van der Waals surface area contributed by atoms with E-state index in [0.717, 1.165) is 56.4 Å². The maximum atomic E-state index is 12.1. The van der Waals surface area contributed by atoms with Crippen LogP contribution in [-0.2, 0) is 4.74 Å². The Bertz CT molecular complexity index is 873. The van der Waals surface area contributed by atoms with Gasteiger partial charge >= 0.3 is 11.8 Å². The number of nitrogens with one attached hydrogen (secondary N) is 1. The van der Waals surface area contributed by atoms with E-state index in [2.05, 4.69) is 22.9 Å². The van der Waals surface area contributed by atoms with Crippen LogP contribution in [0.3, 0.4) is 0 Å². The van der Waals surface area contributed by atoms with Crippen LogP contribution in [-0.4, -0.2) is 59.7 Å². The molecule has 1 N–H and O–H groups in total.